The average molecular weight is 294 g/mol. The van der Waals surface area contributed by atoms with E-state index in [9.17, 15) is 15.2 Å². The molecule has 21 heavy (non-hydrogen) atoms. The van der Waals surface area contributed by atoms with Crippen molar-refractivity contribution in [3.05, 3.63) is 33.9 Å². The van der Waals surface area contributed by atoms with Gasteiger partial charge < -0.3 is 14.7 Å². The number of aliphatic hydroxyl groups is 1. The Morgan fingerprint density at radius 3 is 2.33 bits per heavy atom. The van der Waals surface area contributed by atoms with Gasteiger partial charge >= 0.3 is 0 Å². The summed E-state index contributed by atoms with van der Waals surface area (Å²) in [5.41, 5.74) is 0.742. The molecular weight excluding hydrogens is 272 g/mol. The molecule has 1 saturated heterocycles. The first-order chi connectivity index (χ1) is 9.63. The minimum Gasteiger partial charge on any atom is -0.392 e. The smallest absolute Gasteiger partial charge is 0.269 e. The maximum atomic E-state index is 10.9. The summed E-state index contributed by atoms with van der Waals surface area (Å²) in [7, 11) is 0. The maximum absolute atomic E-state index is 10.9. The van der Waals surface area contributed by atoms with E-state index < -0.39 is 4.92 Å². The minimum absolute atomic E-state index is 0.00502. The summed E-state index contributed by atoms with van der Waals surface area (Å²) in [6, 6.07) is 4.62. The molecule has 0 radical (unpaired) electrons. The molecule has 0 bridgehead atoms. The van der Waals surface area contributed by atoms with E-state index in [0.29, 0.717) is 18.7 Å². The molecule has 1 aliphatic rings. The molecule has 0 aromatic heterocycles. The SMILES string of the molecule is CC1(C)CN(c2ccc([N+](=O)[O-])cc2CO)CC(C)(C)O1. The lowest BCUT2D eigenvalue weighted by Crippen LogP contribution is -2.57. The van der Waals surface area contributed by atoms with E-state index in [4.69, 9.17) is 4.74 Å². The molecule has 0 saturated carbocycles. The number of hydrogen-bond donors (Lipinski definition) is 1. The van der Waals surface area contributed by atoms with E-state index in [1.807, 2.05) is 27.7 Å². The highest BCUT2D eigenvalue weighted by molar-refractivity contribution is 5.58. The quantitative estimate of drug-likeness (QED) is 0.684. The van der Waals surface area contributed by atoms with Crippen molar-refractivity contribution in [2.24, 2.45) is 0 Å². The normalized spacial score (nSPS) is 20.3. The Balaban J connectivity index is 2.39. The zero-order valence-electron chi connectivity index (χ0n) is 12.9. The molecule has 2 rings (SSSR count). The number of nitro groups is 1. The first-order valence-electron chi connectivity index (χ1n) is 6.97. The largest absolute Gasteiger partial charge is 0.392 e. The second kappa shape index (κ2) is 5.27. The number of rotatable bonds is 3. The van der Waals surface area contributed by atoms with E-state index in [2.05, 4.69) is 4.90 Å². The molecule has 0 spiro atoms. The van der Waals surface area contributed by atoms with E-state index in [1.54, 1.807) is 6.07 Å². The standard InChI is InChI=1S/C15H22N2O4/c1-14(2)9-16(10-15(3,4)21-14)13-6-5-12(17(19)20)7-11(13)8-18/h5-7,18H,8-10H2,1-4H3. The molecule has 0 aliphatic carbocycles. The van der Waals surface area contributed by atoms with Gasteiger partial charge in [0.05, 0.1) is 22.7 Å². The topological polar surface area (TPSA) is 75.8 Å². The van der Waals surface area contributed by atoms with Crippen LogP contribution < -0.4 is 4.90 Å². The molecule has 1 aromatic carbocycles. The Bertz CT molecular complexity index is 539. The third-order valence-corrected chi connectivity index (χ3v) is 3.48. The third kappa shape index (κ3) is 3.51. The summed E-state index contributed by atoms with van der Waals surface area (Å²) in [6.45, 7) is 9.18. The molecule has 6 nitrogen and oxygen atoms in total. The van der Waals surface area contributed by atoms with Crippen LogP contribution in [0.3, 0.4) is 0 Å². The Labute approximate surface area is 124 Å². The second-order valence-corrected chi connectivity index (χ2v) is 6.71. The molecule has 6 heteroatoms. The predicted molar refractivity (Wildman–Crippen MR) is 80.5 cm³/mol. The van der Waals surface area contributed by atoms with Crippen LogP contribution in [0.4, 0.5) is 11.4 Å². The number of morpholine rings is 1. The van der Waals surface area contributed by atoms with Crippen molar-refractivity contribution in [3.63, 3.8) is 0 Å². The molecule has 1 heterocycles. The van der Waals surface area contributed by atoms with E-state index in [-0.39, 0.29) is 23.5 Å². The van der Waals surface area contributed by atoms with Crippen molar-refractivity contribution in [2.75, 3.05) is 18.0 Å². The van der Waals surface area contributed by atoms with E-state index >= 15 is 0 Å². The Kier molecular flexibility index (Phi) is 3.95. The van der Waals surface area contributed by atoms with Crippen molar-refractivity contribution in [2.45, 2.75) is 45.5 Å². The summed E-state index contributed by atoms with van der Waals surface area (Å²) in [5.74, 6) is 0. The van der Waals surface area contributed by atoms with E-state index in [0.717, 1.165) is 5.69 Å². The number of anilines is 1. The lowest BCUT2D eigenvalue weighted by Gasteiger charge is -2.48. The molecule has 1 N–H and O–H groups in total. The average Bonchev–Trinajstić information content (AvgIpc) is 2.34. The Morgan fingerprint density at radius 2 is 1.86 bits per heavy atom. The Hall–Kier alpha value is -1.66. The minimum atomic E-state index is -0.448. The summed E-state index contributed by atoms with van der Waals surface area (Å²) in [6.07, 6.45) is 0. The van der Waals surface area contributed by atoms with Gasteiger partial charge in [-0.05, 0) is 33.8 Å². The first-order valence-corrected chi connectivity index (χ1v) is 6.97. The lowest BCUT2D eigenvalue weighted by atomic mass is 9.97. The summed E-state index contributed by atoms with van der Waals surface area (Å²) < 4.78 is 6.04. The second-order valence-electron chi connectivity index (χ2n) is 6.71. The van der Waals surface area contributed by atoms with Crippen LogP contribution in [0.1, 0.15) is 33.3 Å². The van der Waals surface area contributed by atoms with Gasteiger partial charge in [-0.2, -0.15) is 0 Å². The van der Waals surface area contributed by atoms with Gasteiger partial charge in [0.15, 0.2) is 0 Å². The molecule has 0 amide bonds. The van der Waals surface area contributed by atoms with Crippen LogP contribution in [-0.2, 0) is 11.3 Å². The monoisotopic (exact) mass is 294 g/mol. The number of benzene rings is 1. The fourth-order valence-electron chi connectivity index (χ4n) is 3.08. The zero-order valence-corrected chi connectivity index (χ0v) is 12.9. The van der Waals surface area contributed by atoms with Crippen LogP contribution in [0.2, 0.25) is 0 Å². The lowest BCUT2D eigenvalue weighted by molar-refractivity contribution is -0.384. The maximum Gasteiger partial charge on any atom is 0.269 e. The highest BCUT2D eigenvalue weighted by Gasteiger charge is 2.38. The fourth-order valence-corrected chi connectivity index (χ4v) is 3.08. The molecule has 1 aliphatic heterocycles. The van der Waals surface area contributed by atoms with Crippen LogP contribution in [0.15, 0.2) is 18.2 Å². The number of nitrogens with zero attached hydrogens (tertiary/aromatic N) is 2. The van der Waals surface area contributed by atoms with Gasteiger partial charge in [0.1, 0.15) is 0 Å². The molecule has 1 fully saturated rings. The number of nitro benzene ring substituents is 1. The molecule has 116 valence electrons. The number of ether oxygens (including phenoxy) is 1. The number of non-ortho nitro benzene ring substituents is 1. The van der Waals surface area contributed by atoms with Crippen molar-refractivity contribution in [1.82, 2.24) is 0 Å². The number of aliphatic hydroxyl groups excluding tert-OH is 1. The van der Waals surface area contributed by atoms with Crippen molar-refractivity contribution < 1.29 is 14.8 Å². The van der Waals surface area contributed by atoms with Gasteiger partial charge in [-0.25, -0.2) is 0 Å². The molecule has 0 unspecified atom stereocenters. The van der Waals surface area contributed by atoms with Crippen molar-refractivity contribution in [1.29, 1.82) is 0 Å². The summed E-state index contributed by atoms with van der Waals surface area (Å²) in [5, 5.41) is 20.4. The van der Waals surface area contributed by atoms with Gasteiger partial charge in [-0.1, -0.05) is 0 Å². The van der Waals surface area contributed by atoms with Gasteiger partial charge in [0, 0.05) is 36.5 Å². The van der Waals surface area contributed by atoms with Crippen molar-refractivity contribution in [3.8, 4) is 0 Å². The van der Waals surface area contributed by atoms with Gasteiger partial charge in [0.25, 0.3) is 5.69 Å². The van der Waals surface area contributed by atoms with Crippen LogP contribution in [0.5, 0.6) is 0 Å². The van der Waals surface area contributed by atoms with Crippen LogP contribution >= 0.6 is 0 Å². The van der Waals surface area contributed by atoms with Crippen LogP contribution in [0.25, 0.3) is 0 Å². The Morgan fingerprint density at radius 1 is 1.29 bits per heavy atom. The van der Waals surface area contributed by atoms with Crippen LogP contribution in [0, 0.1) is 10.1 Å². The summed E-state index contributed by atoms with van der Waals surface area (Å²) >= 11 is 0. The summed E-state index contributed by atoms with van der Waals surface area (Å²) in [4.78, 5) is 12.5. The van der Waals surface area contributed by atoms with Gasteiger partial charge in [0.2, 0.25) is 0 Å². The number of hydrogen-bond acceptors (Lipinski definition) is 5. The van der Waals surface area contributed by atoms with Crippen molar-refractivity contribution >= 4 is 11.4 Å². The highest BCUT2D eigenvalue weighted by Crippen LogP contribution is 2.34. The molecule has 0 atom stereocenters. The fraction of sp³-hybridized carbons (Fsp3) is 0.600. The third-order valence-electron chi connectivity index (χ3n) is 3.48. The predicted octanol–water partition coefficient (Wildman–Crippen LogP) is 2.48. The van der Waals surface area contributed by atoms with Crippen LogP contribution in [-0.4, -0.2) is 34.3 Å². The molecular formula is C15H22N2O4. The highest BCUT2D eigenvalue weighted by atomic mass is 16.6. The van der Waals surface area contributed by atoms with E-state index in [1.165, 1.54) is 12.1 Å². The molecule has 1 aromatic rings. The van der Waals surface area contributed by atoms with Gasteiger partial charge in [-0.3, -0.25) is 10.1 Å². The first kappa shape index (κ1) is 15.7. The zero-order chi connectivity index (χ0) is 15.8. The van der Waals surface area contributed by atoms with Gasteiger partial charge in [-0.15, -0.1) is 0 Å².